The van der Waals surface area contributed by atoms with Gasteiger partial charge in [-0.3, -0.25) is 0 Å². The van der Waals surface area contributed by atoms with Crippen LogP contribution in [0.25, 0.3) is 0 Å². The SMILES string of the molecule is COC(=O)c1cc(Br)c(CN)cc1F. The predicted molar refractivity (Wildman–Crippen MR) is 53.3 cm³/mol. The minimum Gasteiger partial charge on any atom is -0.465 e. The Balaban J connectivity index is 3.21. The van der Waals surface area contributed by atoms with Crippen molar-refractivity contribution >= 4 is 21.9 Å². The molecule has 0 fully saturated rings. The van der Waals surface area contributed by atoms with E-state index in [2.05, 4.69) is 20.7 Å². The third kappa shape index (κ3) is 2.10. The van der Waals surface area contributed by atoms with Crippen LogP contribution < -0.4 is 5.73 Å². The zero-order chi connectivity index (χ0) is 10.7. The summed E-state index contributed by atoms with van der Waals surface area (Å²) in [6.45, 7) is 0.207. The molecule has 1 aromatic rings. The second kappa shape index (κ2) is 4.52. The summed E-state index contributed by atoms with van der Waals surface area (Å²) in [5.74, 6) is -1.33. The topological polar surface area (TPSA) is 52.3 Å². The summed E-state index contributed by atoms with van der Waals surface area (Å²) in [6, 6.07) is 2.58. The van der Waals surface area contributed by atoms with Gasteiger partial charge in [-0.2, -0.15) is 0 Å². The van der Waals surface area contributed by atoms with Gasteiger partial charge in [-0.15, -0.1) is 0 Å². The quantitative estimate of drug-likeness (QED) is 0.827. The first kappa shape index (κ1) is 11.1. The average Bonchev–Trinajstić information content (AvgIpc) is 2.19. The van der Waals surface area contributed by atoms with Crippen molar-refractivity contribution in [3.8, 4) is 0 Å². The summed E-state index contributed by atoms with van der Waals surface area (Å²) in [4.78, 5) is 11.1. The molecule has 0 saturated carbocycles. The third-order valence-corrected chi connectivity index (χ3v) is 2.50. The van der Waals surface area contributed by atoms with Gasteiger partial charge in [0.15, 0.2) is 0 Å². The second-order valence-electron chi connectivity index (χ2n) is 2.62. The van der Waals surface area contributed by atoms with E-state index in [0.717, 1.165) is 0 Å². The van der Waals surface area contributed by atoms with Crippen molar-refractivity contribution in [2.24, 2.45) is 5.73 Å². The molecule has 2 N–H and O–H groups in total. The Morgan fingerprint density at radius 1 is 1.64 bits per heavy atom. The lowest BCUT2D eigenvalue weighted by atomic mass is 10.1. The summed E-state index contributed by atoms with van der Waals surface area (Å²) in [6.07, 6.45) is 0. The Morgan fingerprint density at radius 2 is 2.29 bits per heavy atom. The summed E-state index contributed by atoms with van der Waals surface area (Å²) in [5, 5.41) is 0. The number of ether oxygens (including phenoxy) is 1. The monoisotopic (exact) mass is 261 g/mol. The molecule has 0 aliphatic heterocycles. The molecule has 0 heterocycles. The minimum atomic E-state index is -0.702. The van der Waals surface area contributed by atoms with Gasteiger partial charge in [0.1, 0.15) is 5.82 Å². The summed E-state index contributed by atoms with van der Waals surface area (Å²) in [7, 11) is 1.20. The molecule has 1 rings (SSSR count). The van der Waals surface area contributed by atoms with Gasteiger partial charge in [0.2, 0.25) is 0 Å². The fraction of sp³-hybridized carbons (Fsp3) is 0.222. The number of rotatable bonds is 2. The highest BCUT2D eigenvalue weighted by Crippen LogP contribution is 2.21. The molecular formula is C9H9BrFNO2. The van der Waals surface area contributed by atoms with Gasteiger partial charge >= 0.3 is 5.97 Å². The Kier molecular flexibility index (Phi) is 3.60. The van der Waals surface area contributed by atoms with Crippen molar-refractivity contribution < 1.29 is 13.9 Å². The molecule has 14 heavy (non-hydrogen) atoms. The molecule has 5 heteroatoms. The summed E-state index contributed by atoms with van der Waals surface area (Å²) in [5.41, 5.74) is 5.87. The number of esters is 1. The molecule has 0 aliphatic rings. The number of carbonyl (C=O) groups excluding carboxylic acids is 1. The second-order valence-corrected chi connectivity index (χ2v) is 3.47. The van der Waals surface area contributed by atoms with E-state index in [1.807, 2.05) is 0 Å². The van der Waals surface area contributed by atoms with Crippen LogP contribution in [0.3, 0.4) is 0 Å². The lowest BCUT2D eigenvalue weighted by Gasteiger charge is -2.05. The van der Waals surface area contributed by atoms with Gasteiger partial charge in [0, 0.05) is 11.0 Å². The Hall–Kier alpha value is -0.940. The van der Waals surface area contributed by atoms with E-state index in [9.17, 15) is 9.18 Å². The molecule has 76 valence electrons. The summed E-state index contributed by atoms with van der Waals surface area (Å²) >= 11 is 3.18. The predicted octanol–water partition coefficient (Wildman–Crippen LogP) is 1.83. The number of methoxy groups -OCH3 is 1. The first-order valence-electron chi connectivity index (χ1n) is 3.86. The van der Waals surface area contributed by atoms with Crippen LogP contribution in [0, 0.1) is 5.82 Å². The van der Waals surface area contributed by atoms with E-state index in [1.54, 1.807) is 0 Å². The van der Waals surface area contributed by atoms with Gasteiger partial charge in [0.05, 0.1) is 12.7 Å². The highest BCUT2D eigenvalue weighted by Gasteiger charge is 2.14. The molecule has 0 unspecified atom stereocenters. The first-order chi connectivity index (χ1) is 6.60. The zero-order valence-electron chi connectivity index (χ0n) is 7.51. The standard InChI is InChI=1S/C9H9BrFNO2/c1-14-9(13)6-3-7(10)5(4-12)2-8(6)11/h2-3H,4,12H2,1H3. The van der Waals surface area contributed by atoms with E-state index in [1.165, 1.54) is 19.2 Å². The highest BCUT2D eigenvalue weighted by molar-refractivity contribution is 9.10. The van der Waals surface area contributed by atoms with Crippen LogP contribution in [0.2, 0.25) is 0 Å². The van der Waals surface area contributed by atoms with E-state index in [-0.39, 0.29) is 12.1 Å². The molecule has 0 radical (unpaired) electrons. The third-order valence-electron chi connectivity index (χ3n) is 1.76. The normalized spacial score (nSPS) is 10.0. The van der Waals surface area contributed by atoms with E-state index in [4.69, 9.17) is 5.73 Å². The lowest BCUT2D eigenvalue weighted by molar-refractivity contribution is 0.0595. The van der Waals surface area contributed by atoms with Crippen molar-refractivity contribution in [2.45, 2.75) is 6.54 Å². The smallest absolute Gasteiger partial charge is 0.340 e. The fourth-order valence-electron chi connectivity index (χ4n) is 1.01. The van der Waals surface area contributed by atoms with Gasteiger partial charge in [0.25, 0.3) is 0 Å². The van der Waals surface area contributed by atoms with Crippen LogP contribution in [0.5, 0.6) is 0 Å². The van der Waals surface area contributed by atoms with Crippen LogP contribution in [-0.2, 0) is 11.3 Å². The Labute approximate surface area is 89.2 Å². The Morgan fingerprint density at radius 3 is 2.79 bits per heavy atom. The van der Waals surface area contributed by atoms with Crippen LogP contribution in [0.15, 0.2) is 16.6 Å². The molecule has 0 spiro atoms. The number of hydrogen-bond donors (Lipinski definition) is 1. The van der Waals surface area contributed by atoms with Gasteiger partial charge in [-0.1, -0.05) is 15.9 Å². The molecule has 0 aromatic heterocycles. The van der Waals surface area contributed by atoms with Crippen molar-refractivity contribution in [1.82, 2.24) is 0 Å². The maximum absolute atomic E-state index is 13.3. The fourth-order valence-corrected chi connectivity index (χ4v) is 1.52. The maximum atomic E-state index is 13.3. The van der Waals surface area contributed by atoms with Crippen molar-refractivity contribution in [2.75, 3.05) is 7.11 Å². The molecule has 0 atom stereocenters. The molecule has 0 amide bonds. The van der Waals surface area contributed by atoms with Gasteiger partial charge in [-0.05, 0) is 17.7 Å². The van der Waals surface area contributed by atoms with Crippen LogP contribution in [0.4, 0.5) is 4.39 Å². The zero-order valence-corrected chi connectivity index (χ0v) is 9.10. The minimum absolute atomic E-state index is 0.100. The lowest BCUT2D eigenvalue weighted by Crippen LogP contribution is -2.07. The first-order valence-corrected chi connectivity index (χ1v) is 4.65. The number of carbonyl (C=O) groups is 1. The van der Waals surface area contributed by atoms with Crippen LogP contribution in [-0.4, -0.2) is 13.1 Å². The average molecular weight is 262 g/mol. The van der Waals surface area contributed by atoms with Crippen molar-refractivity contribution in [3.05, 3.63) is 33.5 Å². The highest BCUT2D eigenvalue weighted by atomic mass is 79.9. The maximum Gasteiger partial charge on any atom is 0.340 e. The largest absolute Gasteiger partial charge is 0.465 e. The van der Waals surface area contributed by atoms with Crippen LogP contribution in [0.1, 0.15) is 15.9 Å². The van der Waals surface area contributed by atoms with Gasteiger partial charge < -0.3 is 10.5 Å². The number of benzene rings is 1. The number of nitrogens with two attached hydrogens (primary N) is 1. The molecule has 3 nitrogen and oxygen atoms in total. The van der Waals surface area contributed by atoms with Gasteiger partial charge in [-0.25, -0.2) is 9.18 Å². The van der Waals surface area contributed by atoms with Crippen molar-refractivity contribution in [1.29, 1.82) is 0 Å². The van der Waals surface area contributed by atoms with Crippen LogP contribution >= 0.6 is 15.9 Å². The summed E-state index contributed by atoms with van der Waals surface area (Å²) < 4.78 is 18.3. The molecule has 0 aliphatic carbocycles. The Bertz CT molecular complexity index is 368. The van der Waals surface area contributed by atoms with E-state index in [0.29, 0.717) is 10.0 Å². The number of hydrogen-bond acceptors (Lipinski definition) is 3. The molecular weight excluding hydrogens is 253 g/mol. The van der Waals surface area contributed by atoms with E-state index >= 15 is 0 Å². The molecule has 1 aromatic carbocycles. The number of halogens is 2. The van der Waals surface area contributed by atoms with Crippen molar-refractivity contribution in [3.63, 3.8) is 0 Å². The van der Waals surface area contributed by atoms with E-state index < -0.39 is 11.8 Å². The molecule has 0 saturated heterocycles. The molecule has 0 bridgehead atoms.